The number of esters is 1. The van der Waals surface area contributed by atoms with Crippen LogP contribution < -0.4 is 0 Å². The third kappa shape index (κ3) is 3.91. The quantitative estimate of drug-likeness (QED) is 0.364. The Kier molecular flexibility index (Phi) is 5.97. The molecule has 0 amide bonds. The molecule has 0 unspecified atom stereocenters. The molecule has 3 nitrogen and oxygen atoms in total. The van der Waals surface area contributed by atoms with Crippen LogP contribution in [0.25, 0.3) is 0 Å². The topological polar surface area (TPSA) is 38.7 Å². The van der Waals surface area contributed by atoms with E-state index >= 15 is 0 Å². The largest absolute Gasteiger partial charge is 0.462 e. The van der Waals surface area contributed by atoms with Crippen molar-refractivity contribution in [3.63, 3.8) is 0 Å². The fraction of sp³-hybridized carbons (Fsp3) is 0.556. The third-order valence-electron chi connectivity index (χ3n) is 1.20. The Morgan fingerprint density at radius 2 is 2.17 bits per heavy atom. The zero-order valence-electron chi connectivity index (χ0n) is 7.83. The summed E-state index contributed by atoms with van der Waals surface area (Å²) in [7, 11) is 1.63. The van der Waals surface area contributed by atoms with E-state index in [0.717, 1.165) is 6.42 Å². The summed E-state index contributed by atoms with van der Waals surface area (Å²) in [4.78, 5) is 14.9. The highest BCUT2D eigenvalue weighted by Gasteiger charge is 2.05. The van der Waals surface area contributed by atoms with Crippen LogP contribution in [0.1, 0.15) is 20.3 Å². The first-order valence-corrected chi connectivity index (χ1v) is 4.05. The molecular formula is C9H15NO2. The molecule has 0 heterocycles. The maximum atomic E-state index is 11.1. The van der Waals surface area contributed by atoms with Crippen molar-refractivity contribution in [1.29, 1.82) is 0 Å². The minimum Gasteiger partial charge on any atom is -0.462 e. The van der Waals surface area contributed by atoms with Gasteiger partial charge in [0.25, 0.3) is 0 Å². The second kappa shape index (κ2) is 6.58. The Morgan fingerprint density at radius 1 is 1.50 bits per heavy atom. The molecule has 3 heteroatoms. The maximum absolute atomic E-state index is 11.1. The predicted octanol–water partition coefficient (Wildman–Crippen LogP) is 1.59. The fourth-order valence-electron chi connectivity index (χ4n) is 0.762. The van der Waals surface area contributed by atoms with Gasteiger partial charge in [0, 0.05) is 13.3 Å². The highest BCUT2D eigenvalue weighted by atomic mass is 16.5. The molecule has 0 spiro atoms. The average Bonchev–Trinajstić information content (AvgIpc) is 2.04. The first-order chi connectivity index (χ1) is 5.76. The van der Waals surface area contributed by atoms with Crippen LogP contribution in [0.5, 0.6) is 0 Å². The van der Waals surface area contributed by atoms with Crippen molar-refractivity contribution in [3.05, 3.63) is 11.6 Å². The van der Waals surface area contributed by atoms with Gasteiger partial charge in [0.15, 0.2) is 0 Å². The number of rotatable bonds is 4. The number of hydrogen-bond acceptors (Lipinski definition) is 3. The molecule has 0 N–H and O–H groups in total. The lowest BCUT2D eigenvalue weighted by molar-refractivity contribution is -0.137. The molecule has 0 saturated carbocycles. The number of ether oxygens (including phenoxy) is 1. The van der Waals surface area contributed by atoms with Gasteiger partial charge in [-0.3, -0.25) is 4.99 Å². The van der Waals surface area contributed by atoms with Crippen LogP contribution in [0, 0.1) is 0 Å². The fourth-order valence-corrected chi connectivity index (χ4v) is 0.762. The molecule has 0 aromatic heterocycles. The molecule has 0 fully saturated rings. The summed E-state index contributed by atoms with van der Waals surface area (Å²) < 4.78 is 4.81. The third-order valence-corrected chi connectivity index (χ3v) is 1.20. The monoisotopic (exact) mass is 169 g/mol. The minimum atomic E-state index is -0.301. The summed E-state index contributed by atoms with van der Waals surface area (Å²) in [5.74, 6) is -0.301. The molecule has 0 atom stereocenters. The van der Waals surface area contributed by atoms with Gasteiger partial charge in [0.2, 0.25) is 0 Å². The van der Waals surface area contributed by atoms with E-state index in [0.29, 0.717) is 12.2 Å². The Balaban J connectivity index is 4.30. The van der Waals surface area contributed by atoms with Crippen molar-refractivity contribution >= 4 is 12.2 Å². The normalized spacial score (nSPS) is 12.1. The lowest BCUT2D eigenvalue weighted by atomic mass is 10.2. The number of aliphatic imine (C=N–C) groups is 1. The maximum Gasteiger partial charge on any atom is 0.339 e. The van der Waals surface area contributed by atoms with Gasteiger partial charge in [-0.2, -0.15) is 0 Å². The molecule has 0 aliphatic carbocycles. The molecule has 0 rings (SSSR count). The Bertz CT molecular complexity index is 195. The second-order valence-corrected chi connectivity index (χ2v) is 2.18. The standard InChI is InChI=1S/C9H15NO2/c1-4-6-8(7-10-3)9(11)12-5-2/h6-7H,4-5H2,1-3H3/b8-6+,10-7?. The summed E-state index contributed by atoms with van der Waals surface area (Å²) in [6.07, 6.45) is 4.12. The molecule has 0 saturated heterocycles. The minimum absolute atomic E-state index is 0.301. The smallest absolute Gasteiger partial charge is 0.339 e. The first-order valence-electron chi connectivity index (χ1n) is 4.05. The molecule has 0 aromatic rings. The predicted molar refractivity (Wildman–Crippen MR) is 49.4 cm³/mol. The van der Waals surface area contributed by atoms with Crippen molar-refractivity contribution in [3.8, 4) is 0 Å². The Labute approximate surface area is 73.1 Å². The van der Waals surface area contributed by atoms with Crippen LogP contribution >= 0.6 is 0 Å². The van der Waals surface area contributed by atoms with E-state index in [2.05, 4.69) is 4.99 Å². The van der Waals surface area contributed by atoms with Crippen molar-refractivity contribution in [2.45, 2.75) is 20.3 Å². The molecule has 0 aromatic carbocycles. The van der Waals surface area contributed by atoms with Gasteiger partial charge >= 0.3 is 5.97 Å². The van der Waals surface area contributed by atoms with Crippen LogP contribution in [0.4, 0.5) is 0 Å². The molecule has 68 valence electrons. The van der Waals surface area contributed by atoms with Crippen LogP contribution in [-0.2, 0) is 9.53 Å². The van der Waals surface area contributed by atoms with Gasteiger partial charge in [-0.1, -0.05) is 13.0 Å². The van der Waals surface area contributed by atoms with Gasteiger partial charge in [-0.15, -0.1) is 0 Å². The lowest BCUT2D eigenvalue weighted by Crippen LogP contribution is -2.08. The van der Waals surface area contributed by atoms with E-state index in [9.17, 15) is 4.79 Å². The summed E-state index contributed by atoms with van der Waals surface area (Å²) in [6, 6.07) is 0. The number of carbonyl (C=O) groups excluding carboxylic acids is 1. The van der Waals surface area contributed by atoms with Gasteiger partial charge in [0.1, 0.15) is 0 Å². The van der Waals surface area contributed by atoms with Crippen molar-refractivity contribution in [2.75, 3.05) is 13.7 Å². The highest BCUT2D eigenvalue weighted by Crippen LogP contribution is 1.97. The summed E-state index contributed by atoms with van der Waals surface area (Å²) in [5.41, 5.74) is 0.529. The Morgan fingerprint density at radius 3 is 2.58 bits per heavy atom. The number of hydrogen-bond donors (Lipinski definition) is 0. The van der Waals surface area contributed by atoms with Crippen molar-refractivity contribution in [1.82, 2.24) is 0 Å². The van der Waals surface area contributed by atoms with Crippen LogP contribution in [0.15, 0.2) is 16.6 Å². The van der Waals surface area contributed by atoms with Gasteiger partial charge in [0.05, 0.1) is 12.2 Å². The number of carbonyl (C=O) groups is 1. The zero-order chi connectivity index (χ0) is 9.40. The molecule has 0 bridgehead atoms. The van der Waals surface area contributed by atoms with Crippen LogP contribution in [-0.4, -0.2) is 25.8 Å². The van der Waals surface area contributed by atoms with E-state index in [-0.39, 0.29) is 5.97 Å². The molecule has 12 heavy (non-hydrogen) atoms. The lowest BCUT2D eigenvalue weighted by Gasteiger charge is -2.00. The molecule has 0 aliphatic heterocycles. The van der Waals surface area contributed by atoms with Gasteiger partial charge in [-0.05, 0) is 13.3 Å². The van der Waals surface area contributed by atoms with E-state index in [1.54, 1.807) is 20.0 Å². The molecule has 0 aliphatic rings. The van der Waals surface area contributed by atoms with Gasteiger partial charge in [-0.25, -0.2) is 4.79 Å². The number of nitrogens with zero attached hydrogens (tertiary/aromatic N) is 1. The SMILES string of the molecule is CC/C=C(\C=NC)C(=O)OCC. The summed E-state index contributed by atoms with van der Waals surface area (Å²) in [5, 5.41) is 0. The molecular weight excluding hydrogens is 154 g/mol. The zero-order valence-corrected chi connectivity index (χ0v) is 7.83. The van der Waals surface area contributed by atoms with Gasteiger partial charge < -0.3 is 4.74 Å². The number of allylic oxidation sites excluding steroid dienone is 1. The summed E-state index contributed by atoms with van der Waals surface area (Å²) >= 11 is 0. The van der Waals surface area contributed by atoms with E-state index < -0.39 is 0 Å². The van der Waals surface area contributed by atoms with Crippen LogP contribution in [0.2, 0.25) is 0 Å². The van der Waals surface area contributed by atoms with Crippen molar-refractivity contribution < 1.29 is 9.53 Å². The first kappa shape index (κ1) is 10.9. The molecule has 0 radical (unpaired) electrons. The average molecular weight is 169 g/mol. The Hall–Kier alpha value is -1.12. The van der Waals surface area contributed by atoms with Crippen LogP contribution in [0.3, 0.4) is 0 Å². The highest BCUT2D eigenvalue weighted by molar-refractivity contribution is 6.09. The van der Waals surface area contributed by atoms with Crippen molar-refractivity contribution in [2.24, 2.45) is 4.99 Å². The van der Waals surface area contributed by atoms with E-state index in [4.69, 9.17) is 4.74 Å². The van der Waals surface area contributed by atoms with E-state index in [1.807, 2.05) is 6.92 Å². The van der Waals surface area contributed by atoms with E-state index in [1.165, 1.54) is 6.21 Å². The second-order valence-electron chi connectivity index (χ2n) is 2.18. The summed E-state index contributed by atoms with van der Waals surface area (Å²) in [6.45, 7) is 4.14.